The van der Waals surface area contributed by atoms with Crippen molar-refractivity contribution in [2.75, 3.05) is 13.2 Å². The van der Waals surface area contributed by atoms with Crippen LogP contribution in [0.4, 0.5) is 8.78 Å². The minimum absolute atomic E-state index is 0.0298. The molecule has 0 aliphatic carbocycles. The third kappa shape index (κ3) is 2.91. The highest BCUT2D eigenvalue weighted by Gasteiger charge is 2.39. The van der Waals surface area contributed by atoms with E-state index >= 15 is 0 Å². The van der Waals surface area contributed by atoms with Crippen molar-refractivity contribution in [3.8, 4) is 5.75 Å². The quantitative estimate of drug-likeness (QED) is 0.797. The summed E-state index contributed by atoms with van der Waals surface area (Å²) < 4.78 is 33.4. The van der Waals surface area contributed by atoms with Crippen LogP contribution in [-0.4, -0.2) is 45.8 Å². The van der Waals surface area contributed by atoms with Gasteiger partial charge < -0.3 is 24.6 Å². The summed E-state index contributed by atoms with van der Waals surface area (Å²) in [6.07, 6.45) is 0.635. The molecule has 2 aliphatic heterocycles. The van der Waals surface area contributed by atoms with Gasteiger partial charge in [0.2, 0.25) is 5.43 Å². The van der Waals surface area contributed by atoms with Crippen LogP contribution >= 0.6 is 0 Å². The highest BCUT2D eigenvalue weighted by Crippen LogP contribution is 2.26. The van der Waals surface area contributed by atoms with Crippen molar-refractivity contribution in [1.29, 1.82) is 0 Å². The number of fused-ring (bicyclic) bond motifs is 2. The second-order valence-corrected chi connectivity index (χ2v) is 6.46. The van der Waals surface area contributed by atoms with E-state index in [-0.39, 0.29) is 24.3 Å². The smallest absolute Gasteiger partial charge is 0.276 e. The number of aromatic nitrogens is 1. The average molecular weight is 391 g/mol. The Bertz CT molecular complexity index is 1050. The Kier molecular flexibility index (Phi) is 4.34. The van der Waals surface area contributed by atoms with E-state index in [9.17, 15) is 28.3 Å². The summed E-state index contributed by atoms with van der Waals surface area (Å²) in [4.78, 5) is 38.7. The van der Waals surface area contributed by atoms with E-state index in [4.69, 9.17) is 4.74 Å². The van der Waals surface area contributed by atoms with Gasteiger partial charge in [-0.2, -0.15) is 0 Å². The number of nitrogens with one attached hydrogen (secondary N) is 1. The maximum atomic E-state index is 13.7. The lowest BCUT2D eigenvalue weighted by Gasteiger charge is -2.31. The Hall–Kier alpha value is -3.27. The number of hydrogen-bond acceptors (Lipinski definition) is 5. The van der Waals surface area contributed by atoms with E-state index in [1.807, 2.05) is 0 Å². The zero-order valence-corrected chi connectivity index (χ0v) is 14.4. The fraction of sp³-hybridized carbons (Fsp3) is 0.278. The summed E-state index contributed by atoms with van der Waals surface area (Å²) in [5.41, 5.74) is -1.58. The molecular formula is C18H15F2N3O5. The molecule has 1 fully saturated rings. The van der Waals surface area contributed by atoms with Gasteiger partial charge in [0.05, 0.1) is 13.2 Å². The first-order chi connectivity index (χ1) is 13.4. The van der Waals surface area contributed by atoms with Crippen LogP contribution in [-0.2, 0) is 17.8 Å². The van der Waals surface area contributed by atoms with Crippen molar-refractivity contribution in [3.05, 3.63) is 63.1 Å². The summed E-state index contributed by atoms with van der Waals surface area (Å²) in [5, 5.41) is 12.6. The van der Waals surface area contributed by atoms with Gasteiger partial charge in [-0.3, -0.25) is 14.4 Å². The number of halogens is 2. The van der Waals surface area contributed by atoms with Gasteiger partial charge in [-0.1, -0.05) is 6.07 Å². The van der Waals surface area contributed by atoms with Crippen molar-refractivity contribution in [2.24, 2.45) is 0 Å². The molecule has 1 atom stereocenters. The number of aromatic hydroxyl groups is 1. The number of hydrogen-bond donors (Lipinski definition) is 2. The summed E-state index contributed by atoms with van der Waals surface area (Å²) in [7, 11) is 0. The van der Waals surface area contributed by atoms with Gasteiger partial charge in [-0.25, -0.2) is 8.78 Å². The second kappa shape index (κ2) is 6.71. The fourth-order valence-electron chi connectivity index (χ4n) is 3.32. The molecule has 0 radical (unpaired) electrons. The SMILES string of the molecule is O=C(NCc1ccc(F)cc1F)c1cn2c(c(O)c1=O)C(=O)N1CCOC1C2. The van der Waals surface area contributed by atoms with E-state index in [2.05, 4.69) is 5.32 Å². The van der Waals surface area contributed by atoms with Gasteiger partial charge in [0, 0.05) is 30.9 Å². The minimum Gasteiger partial charge on any atom is -0.503 e. The molecule has 2 aliphatic rings. The molecule has 1 saturated heterocycles. The molecule has 0 saturated carbocycles. The standard InChI is InChI=1S/C18H15F2N3O5/c19-10-2-1-9(12(20)5-10)6-21-17(26)11-7-22-8-13-23(3-4-28-13)18(27)14(22)16(25)15(11)24/h1-2,5,7,13,25H,3-4,6,8H2,(H,21,26). The number of benzene rings is 1. The Labute approximate surface area is 156 Å². The number of carbonyl (C=O) groups is 2. The Morgan fingerprint density at radius 3 is 2.86 bits per heavy atom. The molecule has 10 heteroatoms. The first-order valence-electron chi connectivity index (χ1n) is 8.48. The van der Waals surface area contributed by atoms with E-state index in [1.54, 1.807) is 0 Å². The van der Waals surface area contributed by atoms with Crippen molar-refractivity contribution in [1.82, 2.24) is 14.8 Å². The molecule has 2 aromatic rings. The van der Waals surface area contributed by atoms with Gasteiger partial charge in [0.15, 0.2) is 17.7 Å². The zero-order valence-electron chi connectivity index (χ0n) is 14.4. The fourth-order valence-corrected chi connectivity index (χ4v) is 3.32. The van der Waals surface area contributed by atoms with Crippen molar-refractivity contribution in [2.45, 2.75) is 19.3 Å². The van der Waals surface area contributed by atoms with Crippen molar-refractivity contribution in [3.63, 3.8) is 0 Å². The molecule has 1 unspecified atom stereocenters. The molecule has 8 nitrogen and oxygen atoms in total. The van der Waals surface area contributed by atoms with Crippen LogP contribution in [0, 0.1) is 11.6 Å². The predicted octanol–water partition coefficient (Wildman–Crippen LogP) is 0.574. The molecule has 2 amide bonds. The Morgan fingerprint density at radius 2 is 2.11 bits per heavy atom. The lowest BCUT2D eigenvalue weighted by atomic mass is 10.1. The normalized spacial score (nSPS) is 18.0. The van der Waals surface area contributed by atoms with Crippen LogP contribution in [0.1, 0.15) is 26.4 Å². The monoisotopic (exact) mass is 391 g/mol. The Balaban J connectivity index is 1.62. The minimum atomic E-state index is -1.00. The van der Waals surface area contributed by atoms with E-state index in [0.29, 0.717) is 19.2 Å². The van der Waals surface area contributed by atoms with Gasteiger partial charge >= 0.3 is 0 Å². The van der Waals surface area contributed by atoms with Crippen LogP contribution < -0.4 is 10.7 Å². The van der Waals surface area contributed by atoms with Crippen LogP contribution in [0.25, 0.3) is 0 Å². The van der Waals surface area contributed by atoms with Crippen molar-refractivity contribution < 1.29 is 28.2 Å². The number of rotatable bonds is 3. The summed E-state index contributed by atoms with van der Waals surface area (Å²) in [6.45, 7) is 0.558. The maximum Gasteiger partial charge on any atom is 0.276 e. The Morgan fingerprint density at radius 1 is 1.32 bits per heavy atom. The molecule has 2 N–H and O–H groups in total. The molecule has 1 aromatic heterocycles. The molecule has 0 bridgehead atoms. The first kappa shape index (κ1) is 18.1. The number of nitrogens with zero attached hydrogens (tertiary/aromatic N) is 2. The molecule has 28 heavy (non-hydrogen) atoms. The molecule has 0 spiro atoms. The highest BCUT2D eigenvalue weighted by atomic mass is 19.1. The number of amides is 2. The average Bonchev–Trinajstić information content (AvgIpc) is 3.12. The van der Waals surface area contributed by atoms with Gasteiger partial charge in [0.25, 0.3) is 11.8 Å². The van der Waals surface area contributed by atoms with E-state index < -0.39 is 46.4 Å². The lowest BCUT2D eigenvalue weighted by molar-refractivity contribution is 0.00845. The van der Waals surface area contributed by atoms with Gasteiger partial charge in [-0.05, 0) is 6.07 Å². The van der Waals surface area contributed by atoms with Crippen molar-refractivity contribution >= 4 is 11.8 Å². The third-order valence-electron chi connectivity index (χ3n) is 4.76. The summed E-state index contributed by atoms with van der Waals surface area (Å²) in [6, 6.07) is 2.90. The molecule has 4 rings (SSSR count). The largest absolute Gasteiger partial charge is 0.503 e. The van der Waals surface area contributed by atoms with Crippen LogP contribution in [0.3, 0.4) is 0 Å². The summed E-state index contributed by atoms with van der Waals surface area (Å²) in [5.74, 6) is -3.83. The lowest BCUT2D eigenvalue weighted by Crippen LogP contribution is -2.46. The van der Waals surface area contributed by atoms with E-state index in [1.165, 1.54) is 21.7 Å². The molecule has 3 heterocycles. The maximum absolute atomic E-state index is 13.7. The molecule has 1 aromatic carbocycles. The van der Waals surface area contributed by atoms with E-state index in [0.717, 1.165) is 6.07 Å². The first-order valence-corrected chi connectivity index (χ1v) is 8.48. The van der Waals surface area contributed by atoms with Crippen LogP contribution in [0.5, 0.6) is 5.75 Å². The number of pyridine rings is 1. The van der Waals surface area contributed by atoms with Gasteiger partial charge in [0.1, 0.15) is 17.2 Å². The van der Waals surface area contributed by atoms with Crippen LogP contribution in [0.15, 0.2) is 29.2 Å². The van der Waals surface area contributed by atoms with Crippen LogP contribution in [0.2, 0.25) is 0 Å². The number of carbonyl (C=O) groups excluding carboxylic acids is 2. The molecular weight excluding hydrogens is 376 g/mol. The molecule has 146 valence electrons. The highest BCUT2D eigenvalue weighted by molar-refractivity contribution is 5.99. The topological polar surface area (TPSA) is 101 Å². The predicted molar refractivity (Wildman–Crippen MR) is 90.7 cm³/mol. The second-order valence-electron chi connectivity index (χ2n) is 6.46. The number of ether oxygens (including phenoxy) is 1. The van der Waals surface area contributed by atoms with Gasteiger partial charge in [-0.15, -0.1) is 0 Å². The zero-order chi connectivity index (χ0) is 20.0. The third-order valence-corrected chi connectivity index (χ3v) is 4.76. The summed E-state index contributed by atoms with van der Waals surface area (Å²) >= 11 is 0.